The van der Waals surface area contributed by atoms with Gasteiger partial charge in [-0.1, -0.05) is 0 Å². The zero-order valence-corrected chi connectivity index (χ0v) is 11.6. The molecule has 0 bridgehead atoms. The van der Waals surface area contributed by atoms with Gasteiger partial charge in [0.2, 0.25) is 0 Å². The van der Waals surface area contributed by atoms with E-state index in [9.17, 15) is 10.2 Å². The number of fused-ring (bicyclic) bond motifs is 1. The van der Waals surface area contributed by atoms with E-state index >= 15 is 0 Å². The second kappa shape index (κ2) is 5.37. The lowest BCUT2D eigenvalue weighted by molar-refractivity contribution is -0.0511. The molecule has 120 valence electrons. The molecular formula is C11H16N6O5. The van der Waals surface area contributed by atoms with Crippen LogP contribution in [0.25, 0.3) is 0 Å². The maximum atomic E-state index is 10.1. The summed E-state index contributed by atoms with van der Waals surface area (Å²) >= 11 is 0. The molecular weight excluding hydrogens is 296 g/mol. The Labute approximate surface area is 124 Å². The Balaban J connectivity index is 1.90. The molecule has 0 saturated carbocycles. The summed E-state index contributed by atoms with van der Waals surface area (Å²) in [4.78, 5) is 13.8. The third kappa shape index (κ3) is 2.02. The quantitative estimate of drug-likeness (QED) is 0.354. The summed E-state index contributed by atoms with van der Waals surface area (Å²) in [6, 6.07) is 0. The van der Waals surface area contributed by atoms with E-state index in [-0.39, 0.29) is 5.84 Å². The van der Waals surface area contributed by atoms with Crippen LogP contribution in [0.2, 0.25) is 0 Å². The third-order valence-corrected chi connectivity index (χ3v) is 3.86. The second-order valence-electron chi connectivity index (χ2n) is 5.19. The van der Waals surface area contributed by atoms with Gasteiger partial charge in [-0.3, -0.25) is 15.1 Å². The van der Waals surface area contributed by atoms with Gasteiger partial charge in [0.25, 0.3) is 0 Å². The van der Waals surface area contributed by atoms with Crippen LogP contribution >= 0.6 is 0 Å². The van der Waals surface area contributed by atoms with Crippen LogP contribution in [0.5, 0.6) is 0 Å². The number of nitrogens with zero attached hydrogens (tertiary/aromatic N) is 5. The van der Waals surface area contributed by atoms with Crippen LogP contribution in [-0.4, -0.2) is 86.5 Å². The van der Waals surface area contributed by atoms with Crippen molar-refractivity contribution in [3.63, 3.8) is 0 Å². The molecule has 1 saturated heterocycles. The van der Waals surface area contributed by atoms with Gasteiger partial charge in [-0.2, -0.15) is 5.59 Å². The standard InChI is InChI=1S/C11H16N6O5/c1-11-9(15-16-21)12-3-13-10(11)17(4-14-11)8-7(20)6(19)5(2-18)22-8/h3-8,16,18-21H,2H2,1H3/t5-,6-,7-,8-,11?/m1/s1. The SMILES string of the molecule is CC12N=CN([C@@H]3O[C@H](CO)[C@@H](O)[C@H]3O)C1=NC=NC2=NNO. The summed E-state index contributed by atoms with van der Waals surface area (Å²) in [6.45, 7) is 1.25. The maximum Gasteiger partial charge on any atom is 0.187 e. The Morgan fingerprint density at radius 2 is 2.23 bits per heavy atom. The van der Waals surface area contributed by atoms with Crippen LogP contribution in [0.1, 0.15) is 6.92 Å². The van der Waals surface area contributed by atoms with Gasteiger partial charge in [-0.15, -0.1) is 5.10 Å². The van der Waals surface area contributed by atoms with Crippen molar-refractivity contribution in [1.82, 2.24) is 10.5 Å². The molecule has 0 aromatic heterocycles. The maximum absolute atomic E-state index is 10.1. The fourth-order valence-electron chi connectivity index (χ4n) is 2.64. The third-order valence-electron chi connectivity index (χ3n) is 3.86. The van der Waals surface area contributed by atoms with Crippen LogP contribution in [0, 0.1) is 0 Å². The molecule has 5 atom stereocenters. The van der Waals surface area contributed by atoms with Crippen LogP contribution in [0.4, 0.5) is 0 Å². The van der Waals surface area contributed by atoms with Gasteiger partial charge in [0.1, 0.15) is 30.5 Å². The van der Waals surface area contributed by atoms with Gasteiger partial charge >= 0.3 is 0 Å². The number of amidine groups is 2. The Hall–Kier alpha value is -1.92. The molecule has 5 N–H and O–H groups in total. The van der Waals surface area contributed by atoms with Crippen molar-refractivity contribution in [3.8, 4) is 0 Å². The minimum Gasteiger partial charge on any atom is -0.394 e. The topological polar surface area (TPSA) is 155 Å². The summed E-state index contributed by atoms with van der Waals surface area (Å²) in [5.41, 5.74) is 0.605. The van der Waals surface area contributed by atoms with Gasteiger partial charge in [0.15, 0.2) is 17.6 Å². The van der Waals surface area contributed by atoms with Crippen molar-refractivity contribution in [2.75, 3.05) is 6.61 Å². The minimum atomic E-state index is -1.25. The van der Waals surface area contributed by atoms with Gasteiger partial charge in [-0.25, -0.2) is 9.98 Å². The van der Waals surface area contributed by atoms with Crippen molar-refractivity contribution in [1.29, 1.82) is 0 Å². The lowest BCUT2D eigenvalue weighted by Crippen LogP contribution is -2.52. The molecule has 3 heterocycles. The highest BCUT2D eigenvalue weighted by Crippen LogP contribution is 2.31. The minimum absolute atomic E-state index is 0.172. The predicted molar refractivity (Wildman–Crippen MR) is 74.8 cm³/mol. The number of nitrogens with one attached hydrogen (secondary N) is 1. The van der Waals surface area contributed by atoms with Gasteiger partial charge in [0, 0.05) is 0 Å². The highest BCUT2D eigenvalue weighted by Gasteiger charge is 2.52. The van der Waals surface area contributed by atoms with Crippen LogP contribution in [-0.2, 0) is 4.74 Å². The first kappa shape index (κ1) is 15.0. The van der Waals surface area contributed by atoms with E-state index in [1.807, 2.05) is 0 Å². The first-order valence-corrected chi connectivity index (χ1v) is 6.57. The summed E-state index contributed by atoms with van der Waals surface area (Å²) in [6.07, 6.45) is -1.70. The van der Waals surface area contributed by atoms with E-state index < -0.39 is 36.7 Å². The highest BCUT2D eigenvalue weighted by molar-refractivity contribution is 6.24. The smallest absolute Gasteiger partial charge is 0.187 e. The normalized spacial score (nSPS) is 42.0. The monoisotopic (exact) mass is 312 g/mol. The van der Waals surface area contributed by atoms with Crippen LogP contribution in [0.3, 0.4) is 0 Å². The van der Waals surface area contributed by atoms with E-state index in [0.29, 0.717) is 5.84 Å². The number of ether oxygens (including phenoxy) is 1. The molecule has 11 nitrogen and oxygen atoms in total. The largest absolute Gasteiger partial charge is 0.394 e. The summed E-state index contributed by atoms with van der Waals surface area (Å²) < 4.78 is 5.46. The fourth-order valence-corrected chi connectivity index (χ4v) is 2.64. The highest BCUT2D eigenvalue weighted by atomic mass is 16.6. The molecule has 3 aliphatic rings. The Morgan fingerprint density at radius 1 is 1.45 bits per heavy atom. The van der Waals surface area contributed by atoms with Gasteiger partial charge < -0.3 is 20.1 Å². The summed E-state index contributed by atoms with van der Waals surface area (Å²) in [5.74, 6) is 0.539. The predicted octanol–water partition coefficient (Wildman–Crippen LogP) is -2.74. The molecule has 0 aliphatic carbocycles. The van der Waals surface area contributed by atoms with Crippen molar-refractivity contribution in [2.45, 2.75) is 37.0 Å². The molecule has 3 rings (SSSR count). The summed E-state index contributed by atoms with van der Waals surface area (Å²) in [5, 5.41) is 41.5. The Bertz CT molecular complexity index is 577. The Kier molecular flexibility index (Phi) is 3.66. The van der Waals surface area contributed by atoms with E-state index in [0.717, 1.165) is 0 Å². The fraction of sp³-hybridized carbons (Fsp3) is 0.636. The first-order chi connectivity index (χ1) is 10.5. The number of aliphatic hydroxyl groups excluding tert-OH is 3. The zero-order chi connectivity index (χ0) is 15.9. The van der Waals surface area contributed by atoms with Crippen LogP contribution in [0.15, 0.2) is 20.1 Å². The summed E-state index contributed by atoms with van der Waals surface area (Å²) in [7, 11) is 0. The molecule has 0 spiro atoms. The van der Waals surface area contributed by atoms with Crippen molar-refractivity contribution in [3.05, 3.63) is 0 Å². The molecule has 0 aromatic rings. The lowest BCUT2D eigenvalue weighted by Gasteiger charge is -2.31. The first-order valence-electron chi connectivity index (χ1n) is 6.57. The number of rotatable bonds is 3. The van der Waals surface area contributed by atoms with Crippen molar-refractivity contribution >= 4 is 24.3 Å². The molecule has 11 heteroatoms. The van der Waals surface area contributed by atoms with Crippen molar-refractivity contribution in [2.24, 2.45) is 20.1 Å². The number of hydrogen-bond donors (Lipinski definition) is 5. The molecule has 1 fully saturated rings. The average Bonchev–Trinajstić information content (AvgIpc) is 2.99. The number of aliphatic hydroxyl groups is 3. The van der Waals surface area contributed by atoms with Crippen molar-refractivity contribution < 1.29 is 25.3 Å². The molecule has 1 unspecified atom stereocenters. The molecule has 0 amide bonds. The number of hydrazone groups is 1. The average molecular weight is 312 g/mol. The van der Waals surface area contributed by atoms with Gasteiger partial charge in [-0.05, 0) is 6.92 Å². The number of hydrogen-bond acceptors (Lipinski definition) is 10. The van der Waals surface area contributed by atoms with E-state index in [4.69, 9.17) is 15.1 Å². The van der Waals surface area contributed by atoms with Gasteiger partial charge in [0.05, 0.1) is 12.9 Å². The van der Waals surface area contributed by atoms with Crippen LogP contribution < -0.4 is 5.59 Å². The van der Waals surface area contributed by atoms with E-state index in [1.54, 1.807) is 12.5 Å². The zero-order valence-electron chi connectivity index (χ0n) is 11.6. The van der Waals surface area contributed by atoms with E-state index in [2.05, 4.69) is 20.1 Å². The second-order valence-corrected chi connectivity index (χ2v) is 5.19. The molecule has 22 heavy (non-hydrogen) atoms. The molecule has 3 aliphatic heterocycles. The number of aliphatic imine (C=N–C) groups is 3. The Morgan fingerprint density at radius 3 is 2.86 bits per heavy atom. The van der Waals surface area contributed by atoms with E-state index in [1.165, 1.54) is 17.6 Å². The molecule has 0 aromatic carbocycles. The lowest BCUT2D eigenvalue weighted by atomic mass is 9.99. The molecule has 0 radical (unpaired) electrons.